The molecule has 2 N–H and O–H groups in total. The SMILES string of the molecule is C[C@@]1(C(N)=O)CN(Cc2cccc3ccccc23)CCO1. The van der Waals surface area contributed by atoms with Crippen molar-refractivity contribution < 1.29 is 9.53 Å². The molecule has 4 heteroatoms. The summed E-state index contributed by atoms with van der Waals surface area (Å²) < 4.78 is 5.57. The molecule has 110 valence electrons. The second-order valence-corrected chi connectivity index (χ2v) is 5.79. The number of ether oxygens (including phenoxy) is 1. The minimum Gasteiger partial charge on any atom is -0.367 e. The van der Waals surface area contributed by atoms with Crippen LogP contribution in [-0.2, 0) is 16.1 Å². The molecule has 1 saturated heterocycles. The van der Waals surface area contributed by atoms with Crippen LogP contribution in [0.3, 0.4) is 0 Å². The molecule has 0 aromatic heterocycles. The first-order chi connectivity index (χ1) is 10.1. The Morgan fingerprint density at radius 1 is 1.29 bits per heavy atom. The number of benzene rings is 2. The molecule has 2 aromatic rings. The van der Waals surface area contributed by atoms with Crippen LogP contribution in [0.25, 0.3) is 10.8 Å². The number of hydrogen-bond acceptors (Lipinski definition) is 3. The van der Waals surface area contributed by atoms with E-state index in [0.717, 1.165) is 13.1 Å². The monoisotopic (exact) mass is 284 g/mol. The van der Waals surface area contributed by atoms with E-state index in [1.807, 2.05) is 6.07 Å². The molecule has 1 amide bonds. The number of rotatable bonds is 3. The van der Waals surface area contributed by atoms with E-state index in [4.69, 9.17) is 10.5 Å². The zero-order valence-corrected chi connectivity index (χ0v) is 12.2. The molecule has 0 radical (unpaired) electrons. The van der Waals surface area contributed by atoms with Gasteiger partial charge in [-0.05, 0) is 23.3 Å². The molecule has 21 heavy (non-hydrogen) atoms. The first-order valence-electron chi connectivity index (χ1n) is 7.21. The summed E-state index contributed by atoms with van der Waals surface area (Å²) in [5, 5.41) is 2.49. The van der Waals surface area contributed by atoms with Gasteiger partial charge in [0.2, 0.25) is 0 Å². The summed E-state index contributed by atoms with van der Waals surface area (Å²) in [6, 6.07) is 14.7. The molecule has 3 rings (SSSR count). The molecule has 1 fully saturated rings. The lowest BCUT2D eigenvalue weighted by atomic mass is 10.0. The second kappa shape index (κ2) is 5.47. The van der Waals surface area contributed by atoms with Crippen LogP contribution in [0.1, 0.15) is 12.5 Å². The topological polar surface area (TPSA) is 55.6 Å². The molecule has 0 unspecified atom stereocenters. The van der Waals surface area contributed by atoms with Crippen LogP contribution in [-0.4, -0.2) is 36.1 Å². The van der Waals surface area contributed by atoms with Crippen molar-refractivity contribution in [3.63, 3.8) is 0 Å². The maximum absolute atomic E-state index is 11.6. The number of amides is 1. The zero-order chi connectivity index (χ0) is 14.9. The van der Waals surface area contributed by atoms with Crippen LogP contribution in [0, 0.1) is 0 Å². The third kappa shape index (κ3) is 2.77. The molecular formula is C17H20N2O2. The van der Waals surface area contributed by atoms with Crippen molar-refractivity contribution in [3.05, 3.63) is 48.0 Å². The average Bonchev–Trinajstić information content (AvgIpc) is 2.48. The highest BCUT2D eigenvalue weighted by molar-refractivity contribution is 5.85. The van der Waals surface area contributed by atoms with Crippen molar-refractivity contribution in [2.45, 2.75) is 19.1 Å². The van der Waals surface area contributed by atoms with Crippen molar-refractivity contribution >= 4 is 16.7 Å². The van der Waals surface area contributed by atoms with Crippen LogP contribution in [0.2, 0.25) is 0 Å². The maximum Gasteiger partial charge on any atom is 0.250 e. The Hall–Kier alpha value is -1.91. The largest absolute Gasteiger partial charge is 0.367 e. The average molecular weight is 284 g/mol. The van der Waals surface area contributed by atoms with Gasteiger partial charge in [0, 0.05) is 19.6 Å². The fraction of sp³-hybridized carbons (Fsp3) is 0.353. The number of nitrogens with zero attached hydrogens (tertiary/aromatic N) is 1. The highest BCUT2D eigenvalue weighted by Gasteiger charge is 2.37. The number of hydrogen-bond donors (Lipinski definition) is 1. The van der Waals surface area contributed by atoms with E-state index in [2.05, 4.69) is 41.3 Å². The number of carbonyl (C=O) groups excluding carboxylic acids is 1. The van der Waals surface area contributed by atoms with Crippen LogP contribution >= 0.6 is 0 Å². The summed E-state index contributed by atoms with van der Waals surface area (Å²) in [5.41, 5.74) is 5.84. The Kier molecular flexibility index (Phi) is 3.66. The van der Waals surface area contributed by atoms with Gasteiger partial charge in [-0.25, -0.2) is 0 Å². The number of carbonyl (C=O) groups is 1. The number of primary amides is 1. The van der Waals surface area contributed by atoms with Gasteiger partial charge in [0.1, 0.15) is 0 Å². The molecule has 1 heterocycles. The summed E-state index contributed by atoms with van der Waals surface area (Å²) in [6.07, 6.45) is 0. The quantitative estimate of drug-likeness (QED) is 0.937. The summed E-state index contributed by atoms with van der Waals surface area (Å²) >= 11 is 0. The summed E-state index contributed by atoms with van der Waals surface area (Å²) in [4.78, 5) is 13.8. The summed E-state index contributed by atoms with van der Waals surface area (Å²) in [7, 11) is 0. The van der Waals surface area contributed by atoms with Gasteiger partial charge in [-0.3, -0.25) is 9.69 Å². The minimum atomic E-state index is -0.886. The Morgan fingerprint density at radius 2 is 2.05 bits per heavy atom. The number of fused-ring (bicyclic) bond motifs is 1. The fourth-order valence-corrected chi connectivity index (χ4v) is 2.91. The molecule has 1 aliphatic rings. The molecule has 0 bridgehead atoms. The van der Waals surface area contributed by atoms with Gasteiger partial charge >= 0.3 is 0 Å². The van der Waals surface area contributed by atoms with Gasteiger partial charge in [-0.1, -0.05) is 42.5 Å². The van der Waals surface area contributed by atoms with E-state index in [9.17, 15) is 4.79 Å². The summed E-state index contributed by atoms with van der Waals surface area (Å²) in [6.45, 7) is 4.44. The van der Waals surface area contributed by atoms with Crippen LogP contribution < -0.4 is 5.73 Å². The molecule has 0 saturated carbocycles. The van der Waals surface area contributed by atoms with Gasteiger partial charge in [0.25, 0.3) is 5.91 Å². The van der Waals surface area contributed by atoms with Crippen molar-refractivity contribution in [3.8, 4) is 0 Å². The number of morpholine rings is 1. The molecule has 0 spiro atoms. The Labute approximate surface area is 124 Å². The molecule has 1 atom stereocenters. The van der Waals surface area contributed by atoms with Crippen molar-refractivity contribution in [1.29, 1.82) is 0 Å². The second-order valence-electron chi connectivity index (χ2n) is 5.79. The smallest absolute Gasteiger partial charge is 0.250 e. The Balaban J connectivity index is 1.84. The maximum atomic E-state index is 11.6. The van der Waals surface area contributed by atoms with Crippen LogP contribution in [0.4, 0.5) is 0 Å². The van der Waals surface area contributed by atoms with E-state index in [-0.39, 0.29) is 0 Å². The molecule has 1 aliphatic heterocycles. The van der Waals surface area contributed by atoms with Crippen molar-refractivity contribution in [2.75, 3.05) is 19.7 Å². The predicted molar refractivity (Wildman–Crippen MR) is 82.8 cm³/mol. The van der Waals surface area contributed by atoms with Crippen LogP contribution in [0.15, 0.2) is 42.5 Å². The molecule has 0 aliphatic carbocycles. The lowest BCUT2D eigenvalue weighted by Crippen LogP contribution is -2.56. The van der Waals surface area contributed by atoms with E-state index in [0.29, 0.717) is 13.2 Å². The van der Waals surface area contributed by atoms with Gasteiger partial charge < -0.3 is 10.5 Å². The van der Waals surface area contributed by atoms with Gasteiger partial charge in [0.05, 0.1) is 6.61 Å². The van der Waals surface area contributed by atoms with E-state index in [1.165, 1.54) is 16.3 Å². The zero-order valence-electron chi connectivity index (χ0n) is 12.2. The Bertz CT molecular complexity index is 665. The van der Waals surface area contributed by atoms with Crippen LogP contribution in [0.5, 0.6) is 0 Å². The molecular weight excluding hydrogens is 264 g/mol. The third-order valence-corrected chi connectivity index (χ3v) is 4.15. The first-order valence-corrected chi connectivity index (χ1v) is 7.21. The minimum absolute atomic E-state index is 0.398. The van der Waals surface area contributed by atoms with Gasteiger partial charge in [-0.15, -0.1) is 0 Å². The highest BCUT2D eigenvalue weighted by Crippen LogP contribution is 2.23. The lowest BCUT2D eigenvalue weighted by molar-refractivity contribution is -0.153. The third-order valence-electron chi connectivity index (χ3n) is 4.15. The predicted octanol–water partition coefficient (Wildman–Crippen LogP) is 1.92. The van der Waals surface area contributed by atoms with E-state index >= 15 is 0 Å². The highest BCUT2D eigenvalue weighted by atomic mass is 16.5. The van der Waals surface area contributed by atoms with E-state index in [1.54, 1.807) is 6.92 Å². The van der Waals surface area contributed by atoms with Crippen molar-refractivity contribution in [2.24, 2.45) is 5.73 Å². The molecule has 4 nitrogen and oxygen atoms in total. The standard InChI is InChI=1S/C17H20N2O2/c1-17(16(18)20)12-19(9-10-21-17)11-14-7-4-6-13-5-2-3-8-15(13)14/h2-8H,9-12H2,1H3,(H2,18,20)/t17-/m0/s1. The van der Waals surface area contributed by atoms with Gasteiger partial charge in [-0.2, -0.15) is 0 Å². The van der Waals surface area contributed by atoms with Gasteiger partial charge in [0.15, 0.2) is 5.60 Å². The first kappa shape index (κ1) is 14.0. The normalized spacial score (nSPS) is 23.3. The lowest BCUT2D eigenvalue weighted by Gasteiger charge is -2.38. The number of nitrogens with two attached hydrogens (primary N) is 1. The van der Waals surface area contributed by atoms with E-state index < -0.39 is 11.5 Å². The van der Waals surface area contributed by atoms with Crippen molar-refractivity contribution in [1.82, 2.24) is 4.90 Å². The Morgan fingerprint density at radius 3 is 2.86 bits per heavy atom. The summed E-state index contributed by atoms with van der Waals surface area (Å²) in [5.74, 6) is -0.398. The fourth-order valence-electron chi connectivity index (χ4n) is 2.91. The molecule has 2 aromatic carbocycles.